The summed E-state index contributed by atoms with van der Waals surface area (Å²) in [5, 5.41) is 2.67. The molecule has 1 amide bonds. The summed E-state index contributed by atoms with van der Waals surface area (Å²) < 4.78 is 0. The van der Waals surface area contributed by atoms with E-state index < -0.39 is 0 Å². The molecule has 0 unspecified atom stereocenters. The summed E-state index contributed by atoms with van der Waals surface area (Å²) in [4.78, 5) is 10.7. The second kappa shape index (κ2) is 4.87. The van der Waals surface area contributed by atoms with Crippen molar-refractivity contribution < 1.29 is 4.79 Å². The van der Waals surface area contributed by atoms with Gasteiger partial charge in [0.15, 0.2) is 0 Å². The van der Waals surface area contributed by atoms with Gasteiger partial charge < -0.3 is 5.32 Å². The smallest absolute Gasteiger partial charge is 0.295 e. The van der Waals surface area contributed by atoms with Crippen molar-refractivity contribution in [2.24, 2.45) is 5.92 Å². The minimum atomic E-state index is -0.184. The van der Waals surface area contributed by atoms with E-state index in [-0.39, 0.29) is 5.91 Å². The van der Waals surface area contributed by atoms with E-state index in [2.05, 4.69) is 17.2 Å². The number of rotatable bonds is 2. The van der Waals surface area contributed by atoms with Gasteiger partial charge in [-0.1, -0.05) is 19.8 Å². The fourth-order valence-corrected chi connectivity index (χ4v) is 0.455. The van der Waals surface area contributed by atoms with Crippen LogP contribution in [0, 0.1) is 17.8 Å². The Balaban J connectivity index is 3.47. The average Bonchev–Trinajstić information content (AvgIpc) is 1.85. The van der Waals surface area contributed by atoms with Crippen molar-refractivity contribution in [3.05, 3.63) is 0 Å². The van der Waals surface area contributed by atoms with Crippen molar-refractivity contribution in [1.82, 2.24) is 5.32 Å². The van der Waals surface area contributed by atoms with Crippen LogP contribution in [0.1, 0.15) is 20.8 Å². The van der Waals surface area contributed by atoms with Gasteiger partial charge in [0, 0.05) is 6.54 Å². The Morgan fingerprint density at radius 3 is 2.60 bits per heavy atom. The van der Waals surface area contributed by atoms with E-state index in [4.69, 9.17) is 0 Å². The van der Waals surface area contributed by atoms with Gasteiger partial charge in [0.1, 0.15) is 0 Å². The zero-order valence-electron chi connectivity index (χ0n) is 6.69. The molecule has 0 bridgehead atoms. The van der Waals surface area contributed by atoms with E-state index in [1.165, 1.54) is 0 Å². The van der Waals surface area contributed by atoms with Gasteiger partial charge in [0.25, 0.3) is 5.91 Å². The van der Waals surface area contributed by atoms with Crippen molar-refractivity contribution in [2.45, 2.75) is 20.8 Å². The Labute approximate surface area is 62.0 Å². The van der Waals surface area contributed by atoms with Crippen LogP contribution in [0.5, 0.6) is 0 Å². The van der Waals surface area contributed by atoms with Gasteiger partial charge in [0.05, 0.1) is 0 Å². The highest BCUT2D eigenvalue weighted by Crippen LogP contribution is 1.85. The highest BCUT2D eigenvalue weighted by atomic mass is 16.1. The molecule has 0 aliphatic heterocycles. The summed E-state index contributed by atoms with van der Waals surface area (Å²) in [6, 6.07) is 0. The number of hydrogen-bond acceptors (Lipinski definition) is 1. The van der Waals surface area contributed by atoms with E-state index >= 15 is 0 Å². The molecule has 0 aliphatic rings. The van der Waals surface area contributed by atoms with E-state index in [9.17, 15) is 4.79 Å². The minimum absolute atomic E-state index is 0.184. The quantitative estimate of drug-likeness (QED) is 0.563. The van der Waals surface area contributed by atoms with Gasteiger partial charge in [-0.2, -0.15) is 0 Å². The fraction of sp³-hybridized carbons (Fsp3) is 0.625. The highest BCUT2D eigenvalue weighted by molar-refractivity contribution is 5.93. The molecule has 0 spiro atoms. The maximum atomic E-state index is 10.7. The Bertz CT molecular complexity index is 162. The molecule has 2 heteroatoms. The molecule has 0 aliphatic carbocycles. The standard InChI is InChI=1S/C8H13NO/c1-4-5-8(10)9-6-7(2)3/h7H,6H2,1-3H3,(H,9,10). The van der Waals surface area contributed by atoms with Crippen molar-refractivity contribution >= 4 is 5.91 Å². The van der Waals surface area contributed by atoms with Crippen LogP contribution in [-0.4, -0.2) is 12.5 Å². The fourth-order valence-electron chi connectivity index (χ4n) is 0.455. The number of amides is 1. The number of nitrogens with one attached hydrogen (secondary N) is 1. The van der Waals surface area contributed by atoms with Crippen molar-refractivity contribution in [3.8, 4) is 11.8 Å². The van der Waals surface area contributed by atoms with Crippen LogP contribution in [0.3, 0.4) is 0 Å². The molecular weight excluding hydrogens is 126 g/mol. The summed E-state index contributed by atoms with van der Waals surface area (Å²) in [5.74, 6) is 5.23. The third-order valence-electron chi connectivity index (χ3n) is 0.909. The van der Waals surface area contributed by atoms with Crippen LogP contribution in [0.4, 0.5) is 0 Å². The largest absolute Gasteiger partial charge is 0.345 e. The van der Waals surface area contributed by atoms with E-state index in [0.717, 1.165) is 0 Å². The van der Waals surface area contributed by atoms with Crippen molar-refractivity contribution in [1.29, 1.82) is 0 Å². The predicted octanol–water partition coefficient (Wildman–Crippen LogP) is 0.782. The molecule has 0 aromatic heterocycles. The van der Waals surface area contributed by atoms with Crippen molar-refractivity contribution in [2.75, 3.05) is 6.54 Å². The number of hydrogen-bond donors (Lipinski definition) is 1. The lowest BCUT2D eigenvalue weighted by Crippen LogP contribution is -2.25. The van der Waals surface area contributed by atoms with Crippen LogP contribution in [0.2, 0.25) is 0 Å². The second-order valence-corrected chi connectivity index (χ2v) is 2.48. The summed E-state index contributed by atoms with van der Waals surface area (Å²) >= 11 is 0. The zero-order valence-corrected chi connectivity index (χ0v) is 6.69. The number of carbonyl (C=O) groups is 1. The van der Waals surface area contributed by atoms with E-state index in [1.54, 1.807) is 6.92 Å². The van der Waals surface area contributed by atoms with Gasteiger partial charge >= 0.3 is 0 Å². The Morgan fingerprint density at radius 2 is 2.20 bits per heavy atom. The molecule has 0 atom stereocenters. The molecule has 0 saturated heterocycles. The Hall–Kier alpha value is -0.970. The molecule has 0 heterocycles. The third-order valence-corrected chi connectivity index (χ3v) is 0.909. The van der Waals surface area contributed by atoms with Crippen LogP contribution in [-0.2, 0) is 4.79 Å². The van der Waals surface area contributed by atoms with Crippen molar-refractivity contribution in [3.63, 3.8) is 0 Å². The predicted molar refractivity (Wildman–Crippen MR) is 41.3 cm³/mol. The monoisotopic (exact) mass is 139 g/mol. The molecule has 2 nitrogen and oxygen atoms in total. The van der Waals surface area contributed by atoms with Gasteiger partial charge in [0.2, 0.25) is 0 Å². The summed E-state index contributed by atoms with van der Waals surface area (Å²) in [7, 11) is 0. The van der Waals surface area contributed by atoms with E-state index in [1.807, 2.05) is 13.8 Å². The zero-order chi connectivity index (χ0) is 7.98. The van der Waals surface area contributed by atoms with Crippen LogP contribution in [0.15, 0.2) is 0 Å². The Kier molecular flexibility index (Phi) is 4.39. The molecule has 0 radical (unpaired) electrons. The first-order valence-electron chi connectivity index (χ1n) is 3.37. The van der Waals surface area contributed by atoms with Crippen LogP contribution < -0.4 is 5.32 Å². The second-order valence-electron chi connectivity index (χ2n) is 2.48. The molecule has 10 heavy (non-hydrogen) atoms. The number of carbonyl (C=O) groups excluding carboxylic acids is 1. The molecule has 0 fully saturated rings. The molecule has 0 aromatic rings. The molecule has 1 N–H and O–H groups in total. The lowest BCUT2D eigenvalue weighted by atomic mass is 10.2. The molecular formula is C8H13NO. The molecule has 0 aromatic carbocycles. The SMILES string of the molecule is CC#CC(=O)NCC(C)C. The lowest BCUT2D eigenvalue weighted by Gasteiger charge is -2.02. The molecule has 56 valence electrons. The van der Waals surface area contributed by atoms with E-state index in [0.29, 0.717) is 12.5 Å². The van der Waals surface area contributed by atoms with Gasteiger partial charge in [-0.3, -0.25) is 4.79 Å². The summed E-state index contributed by atoms with van der Waals surface area (Å²) in [6.07, 6.45) is 0. The maximum Gasteiger partial charge on any atom is 0.295 e. The normalized spacial score (nSPS) is 8.40. The van der Waals surface area contributed by atoms with Crippen LogP contribution in [0.25, 0.3) is 0 Å². The first-order chi connectivity index (χ1) is 4.66. The summed E-state index contributed by atoms with van der Waals surface area (Å²) in [5.41, 5.74) is 0. The topological polar surface area (TPSA) is 29.1 Å². The van der Waals surface area contributed by atoms with Gasteiger partial charge in [-0.15, -0.1) is 0 Å². The third kappa shape index (κ3) is 5.17. The first-order valence-corrected chi connectivity index (χ1v) is 3.37. The van der Waals surface area contributed by atoms with Crippen LogP contribution >= 0.6 is 0 Å². The van der Waals surface area contributed by atoms with Gasteiger partial charge in [-0.05, 0) is 18.8 Å². The lowest BCUT2D eigenvalue weighted by molar-refractivity contribution is -0.115. The maximum absolute atomic E-state index is 10.7. The Morgan fingerprint density at radius 1 is 1.60 bits per heavy atom. The molecule has 0 saturated carbocycles. The average molecular weight is 139 g/mol. The highest BCUT2D eigenvalue weighted by Gasteiger charge is 1.95. The van der Waals surface area contributed by atoms with Gasteiger partial charge in [-0.25, -0.2) is 0 Å². The minimum Gasteiger partial charge on any atom is -0.345 e. The molecule has 0 rings (SSSR count). The summed E-state index contributed by atoms with van der Waals surface area (Å²) in [6.45, 7) is 6.43. The first kappa shape index (κ1) is 9.03.